The largest absolute Gasteiger partial charge is 0.377 e. The van der Waals surface area contributed by atoms with Gasteiger partial charge in [-0.05, 0) is 25.8 Å². The van der Waals surface area contributed by atoms with Crippen LogP contribution in [0, 0.1) is 0 Å². The van der Waals surface area contributed by atoms with Crippen LogP contribution >= 0.6 is 0 Å². The predicted octanol–water partition coefficient (Wildman–Crippen LogP) is 1.86. The van der Waals surface area contributed by atoms with Crippen molar-refractivity contribution in [1.82, 2.24) is 4.90 Å². The third-order valence-corrected chi connectivity index (χ3v) is 2.86. The molecule has 0 aliphatic carbocycles. The highest BCUT2D eigenvalue weighted by Gasteiger charge is 2.19. The molecular weight excluding hydrogens is 190 g/mol. The van der Waals surface area contributed by atoms with E-state index in [1.807, 2.05) is 6.92 Å². The Labute approximate surface area is 92.8 Å². The lowest BCUT2D eigenvalue weighted by atomic mass is 10.2. The molecule has 1 rings (SSSR count). The number of hydrogen-bond donors (Lipinski definition) is 0. The van der Waals surface area contributed by atoms with E-state index in [-0.39, 0.29) is 0 Å². The smallest absolute Gasteiger partial charge is 0.146 e. The molecule has 0 amide bonds. The topological polar surface area (TPSA) is 29.5 Å². The van der Waals surface area contributed by atoms with Crippen molar-refractivity contribution in [2.45, 2.75) is 45.6 Å². The lowest BCUT2D eigenvalue weighted by Gasteiger charge is -2.22. The molecule has 0 aromatic carbocycles. The van der Waals surface area contributed by atoms with Gasteiger partial charge in [0.2, 0.25) is 0 Å². The zero-order valence-electron chi connectivity index (χ0n) is 10.00. The summed E-state index contributed by atoms with van der Waals surface area (Å²) >= 11 is 0. The molecule has 0 bridgehead atoms. The molecule has 15 heavy (non-hydrogen) atoms. The number of carbonyl (C=O) groups excluding carboxylic acids is 1. The lowest BCUT2D eigenvalue weighted by molar-refractivity contribution is -0.120. The number of carbonyl (C=O) groups is 1. The van der Waals surface area contributed by atoms with Crippen molar-refractivity contribution in [3.05, 3.63) is 0 Å². The van der Waals surface area contributed by atoms with E-state index in [1.165, 1.54) is 6.42 Å². The first-order chi connectivity index (χ1) is 7.26. The minimum Gasteiger partial charge on any atom is -0.377 e. The predicted molar refractivity (Wildman–Crippen MR) is 61.0 cm³/mol. The maximum absolute atomic E-state index is 11.5. The standard InChI is InChI=1S/C12H23NO2/c1-3-6-11(14)9-13(4-2)10-12-7-5-8-15-12/h12H,3-10H2,1-2H3. The minimum atomic E-state index is 0.359. The van der Waals surface area contributed by atoms with Crippen LogP contribution in [-0.4, -0.2) is 43.0 Å². The van der Waals surface area contributed by atoms with Crippen LogP contribution in [-0.2, 0) is 9.53 Å². The highest BCUT2D eigenvalue weighted by molar-refractivity contribution is 5.80. The van der Waals surface area contributed by atoms with Gasteiger partial charge in [-0.3, -0.25) is 9.69 Å². The average Bonchev–Trinajstić information content (AvgIpc) is 2.70. The summed E-state index contributed by atoms with van der Waals surface area (Å²) in [5, 5.41) is 0. The molecule has 1 aliphatic heterocycles. The summed E-state index contributed by atoms with van der Waals surface area (Å²) in [5.41, 5.74) is 0. The van der Waals surface area contributed by atoms with Gasteiger partial charge in [-0.2, -0.15) is 0 Å². The summed E-state index contributed by atoms with van der Waals surface area (Å²) in [5.74, 6) is 0.359. The van der Waals surface area contributed by atoms with Crippen molar-refractivity contribution in [2.24, 2.45) is 0 Å². The second-order valence-corrected chi connectivity index (χ2v) is 4.25. The fourth-order valence-electron chi connectivity index (χ4n) is 1.99. The first-order valence-corrected chi connectivity index (χ1v) is 6.12. The first kappa shape index (κ1) is 12.7. The molecule has 1 fully saturated rings. The Morgan fingerprint density at radius 2 is 2.27 bits per heavy atom. The molecule has 1 saturated heterocycles. The van der Waals surface area contributed by atoms with Crippen LogP contribution in [0.15, 0.2) is 0 Å². The molecule has 1 atom stereocenters. The Bertz CT molecular complexity index is 188. The van der Waals surface area contributed by atoms with Gasteiger partial charge >= 0.3 is 0 Å². The molecule has 0 radical (unpaired) electrons. The number of ether oxygens (including phenoxy) is 1. The van der Waals surface area contributed by atoms with Gasteiger partial charge in [0.25, 0.3) is 0 Å². The van der Waals surface area contributed by atoms with Crippen LogP contribution in [0.1, 0.15) is 39.5 Å². The second-order valence-electron chi connectivity index (χ2n) is 4.25. The van der Waals surface area contributed by atoms with E-state index in [2.05, 4.69) is 11.8 Å². The monoisotopic (exact) mass is 213 g/mol. The Hall–Kier alpha value is -0.410. The van der Waals surface area contributed by atoms with Gasteiger partial charge in [-0.15, -0.1) is 0 Å². The van der Waals surface area contributed by atoms with E-state index in [0.717, 1.165) is 32.5 Å². The summed E-state index contributed by atoms with van der Waals surface area (Å²) < 4.78 is 5.57. The molecule has 3 heteroatoms. The van der Waals surface area contributed by atoms with Gasteiger partial charge in [-0.1, -0.05) is 13.8 Å². The summed E-state index contributed by atoms with van der Waals surface area (Å²) in [4.78, 5) is 13.7. The van der Waals surface area contributed by atoms with Gasteiger partial charge in [0, 0.05) is 19.6 Å². The molecule has 88 valence electrons. The highest BCUT2D eigenvalue weighted by Crippen LogP contribution is 2.13. The molecule has 0 N–H and O–H groups in total. The van der Waals surface area contributed by atoms with E-state index in [1.54, 1.807) is 0 Å². The van der Waals surface area contributed by atoms with Crippen molar-refractivity contribution in [3.63, 3.8) is 0 Å². The number of nitrogens with zero attached hydrogens (tertiary/aromatic N) is 1. The lowest BCUT2D eigenvalue weighted by Crippen LogP contribution is -2.36. The molecule has 1 heterocycles. The van der Waals surface area contributed by atoms with Crippen LogP contribution in [0.4, 0.5) is 0 Å². The third kappa shape index (κ3) is 4.76. The molecule has 1 unspecified atom stereocenters. The van der Waals surface area contributed by atoms with Crippen molar-refractivity contribution in [1.29, 1.82) is 0 Å². The normalized spacial score (nSPS) is 21.1. The molecular formula is C12H23NO2. The SMILES string of the molecule is CCCC(=O)CN(CC)CC1CCCO1. The number of Topliss-reactive ketones (excluding diaryl/α,β-unsaturated/α-hetero) is 1. The fourth-order valence-corrected chi connectivity index (χ4v) is 1.99. The van der Waals surface area contributed by atoms with Crippen LogP contribution < -0.4 is 0 Å². The fraction of sp³-hybridized carbons (Fsp3) is 0.917. The third-order valence-electron chi connectivity index (χ3n) is 2.86. The van der Waals surface area contributed by atoms with Gasteiger partial charge in [0.1, 0.15) is 5.78 Å². The highest BCUT2D eigenvalue weighted by atomic mass is 16.5. The summed E-state index contributed by atoms with van der Waals surface area (Å²) in [6.07, 6.45) is 4.35. The Morgan fingerprint density at radius 3 is 2.80 bits per heavy atom. The zero-order valence-corrected chi connectivity index (χ0v) is 10.00. The average molecular weight is 213 g/mol. The van der Waals surface area contributed by atoms with Crippen molar-refractivity contribution >= 4 is 5.78 Å². The van der Waals surface area contributed by atoms with E-state index in [4.69, 9.17) is 4.74 Å². The van der Waals surface area contributed by atoms with Crippen molar-refractivity contribution in [2.75, 3.05) is 26.2 Å². The van der Waals surface area contributed by atoms with Crippen LogP contribution in [0.25, 0.3) is 0 Å². The van der Waals surface area contributed by atoms with E-state index < -0.39 is 0 Å². The first-order valence-electron chi connectivity index (χ1n) is 6.12. The zero-order chi connectivity index (χ0) is 11.1. The van der Waals surface area contributed by atoms with Crippen molar-refractivity contribution < 1.29 is 9.53 Å². The summed E-state index contributed by atoms with van der Waals surface area (Å²) in [6.45, 7) is 7.51. The molecule has 0 aromatic heterocycles. The van der Waals surface area contributed by atoms with Gasteiger partial charge < -0.3 is 4.74 Å². The van der Waals surface area contributed by atoms with Crippen molar-refractivity contribution in [3.8, 4) is 0 Å². The van der Waals surface area contributed by atoms with E-state index in [0.29, 0.717) is 24.9 Å². The van der Waals surface area contributed by atoms with E-state index in [9.17, 15) is 4.79 Å². The van der Waals surface area contributed by atoms with E-state index >= 15 is 0 Å². The molecule has 0 saturated carbocycles. The molecule has 0 spiro atoms. The maximum atomic E-state index is 11.5. The molecule has 0 aromatic rings. The van der Waals surface area contributed by atoms with Crippen LogP contribution in [0.5, 0.6) is 0 Å². The number of rotatable bonds is 7. The Morgan fingerprint density at radius 1 is 1.47 bits per heavy atom. The molecule has 1 aliphatic rings. The Kier molecular flexibility index (Phi) is 5.88. The van der Waals surface area contributed by atoms with Gasteiger partial charge in [0.05, 0.1) is 12.6 Å². The van der Waals surface area contributed by atoms with Gasteiger partial charge in [0.15, 0.2) is 0 Å². The van der Waals surface area contributed by atoms with Crippen LogP contribution in [0.3, 0.4) is 0 Å². The quantitative estimate of drug-likeness (QED) is 0.646. The summed E-state index contributed by atoms with van der Waals surface area (Å²) in [7, 11) is 0. The minimum absolute atomic E-state index is 0.359. The van der Waals surface area contributed by atoms with Gasteiger partial charge in [-0.25, -0.2) is 0 Å². The second kappa shape index (κ2) is 6.96. The number of hydrogen-bond acceptors (Lipinski definition) is 3. The maximum Gasteiger partial charge on any atom is 0.146 e. The number of ketones is 1. The molecule has 3 nitrogen and oxygen atoms in total. The summed E-state index contributed by atoms with van der Waals surface area (Å²) in [6, 6.07) is 0. The van der Waals surface area contributed by atoms with Crippen LogP contribution in [0.2, 0.25) is 0 Å². The Balaban J connectivity index is 2.24. The number of likely N-dealkylation sites (N-methyl/N-ethyl adjacent to an activating group) is 1.